The van der Waals surface area contributed by atoms with Crippen LogP contribution < -0.4 is 5.32 Å². The predicted octanol–water partition coefficient (Wildman–Crippen LogP) is 2.36. The van der Waals surface area contributed by atoms with E-state index in [1.165, 1.54) is 0 Å². The van der Waals surface area contributed by atoms with Gasteiger partial charge in [-0.25, -0.2) is 0 Å². The van der Waals surface area contributed by atoms with Crippen LogP contribution in [-0.4, -0.2) is 40.4 Å². The van der Waals surface area contributed by atoms with Crippen molar-refractivity contribution in [3.8, 4) is 0 Å². The van der Waals surface area contributed by atoms with Gasteiger partial charge in [-0.05, 0) is 56.9 Å². The number of aliphatic carboxylic acids is 1. The second-order valence-electron chi connectivity index (χ2n) is 6.70. The summed E-state index contributed by atoms with van der Waals surface area (Å²) in [5.74, 6) is -2.18. The van der Waals surface area contributed by atoms with E-state index in [1.807, 2.05) is 4.90 Å². The van der Waals surface area contributed by atoms with E-state index in [9.17, 15) is 14.4 Å². The number of carboxylic acid groups (broad SMARTS) is 1. The second kappa shape index (κ2) is 6.63. The molecule has 1 aliphatic carbocycles. The summed E-state index contributed by atoms with van der Waals surface area (Å²) < 4.78 is 0. The normalized spacial score (nSPS) is 25.9. The van der Waals surface area contributed by atoms with Crippen molar-refractivity contribution < 1.29 is 19.5 Å². The molecule has 6 nitrogen and oxygen atoms in total. The van der Waals surface area contributed by atoms with E-state index in [2.05, 4.69) is 12.2 Å². The van der Waals surface area contributed by atoms with Crippen LogP contribution in [0.1, 0.15) is 43.0 Å². The lowest BCUT2D eigenvalue weighted by atomic mass is 10.0. The van der Waals surface area contributed by atoms with E-state index < -0.39 is 17.8 Å². The van der Waals surface area contributed by atoms with Gasteiger partial charge in [0.15, 0.2) is 0 Å². The van der Waals surface area contributed by atoms with Gasteiger partial charge in [0.2, 0.25) is 5.91 Å². The van der Waals surface area contributed by atoms with Gasteiger partial charge in [-0.15, -0.1) is 0 Å². The maximum absolute atomic E-state index is 12.6. The highest BCUT2D eigenvalue weighted by Crippen LogP contribution is 2.39. The molecule has 3 atom stereocenters. The van der Waals surface area contributed by atoms with Gasteiger partial charge in [0.05, 0.1) is 11.8 Å². The fraction of sp³-hybridized carbons (Fsp3) is 0.500. The Morgan fingerprint density at radius 3 is 2.42 bits per heavy atom. The van der Waals surface area contributed by atoms with Gasteiger partial charge in [0.25, 0.3) is 5.91 Å². The van der Waals surface area contributed by atoms with Gasteiger partial charge in [-0.1, -0.05) is 0 Å². The lowest BCUT2D eigenvalue weighted by Gasteiger charge is -2.33. The molecule has 2 N–H and O–H groups in total. The Kier molecular flexibility index (Phi) is 4.55. The molecule has 2 aliphatic rings. The van der Waals surface area contributed by atoms with Crippen LogP contribution in [0.4, 0.5) is 5.69 Å². The van der Waals surface area contributed by atoms with E-state index in [1.54, 1.807) is 24.3 Å². The Morgan fingerprint density at radius 2 is 1.83 bits per heavy atom. The molecular weight excluding hydrogens is 308 g/mol. The van der Waals surface area contributed by atoms with Crippen LogP contribution in [0, 0.1) is 11.8 Å². The second-order valence-corrected chi connectivity index (χ2v) is 6.70. The Balaban J connectivity index is 1.60. The van der Waals surface area contributed by atoms with Gasteiger partial charge < -0.3 is 15.3 Å². The third-order valence-electron chi connectivity index (χ3n) is 4.91. The summed E-state index contributed by atoms with van der Waals surface area (Å²) in [6, 6.07) is 7.06. The van der Waals surface area contributed by atoms with Gasteiger partial charge in [0, 0.05) is 23.8 Å². The number of benzene rings is 1. The van der Waals surface area contributed by atoms with Crippen molar-refractivity contribution in [1.82, 2.24) is 4.90 Å². The number of nitrogens with one attached hydrogen (secondary N) is 1. The molecule has 0 bridgehead atoms. The van der Waals surface area contributed by atoms with Crippen LogP contribution in [0.2, 0.25) is 0 Å². The summed E-state index contributed by atoms with van der Waals surface area (Å²) in [6.45, 7) is 2.86. The molecule has 6 heteroatoms. The Hall–Kier alpha value is -2.37. The fourth-order valence-corrected chi connectivity index (χ4v) is 3.25. The van der Waals surface area contributed by atoms with Crippen molar-refractivity contribution in [2.24, 2.45) is 11.8 Å². The fourth-order valence-electron chi connectivity index (χ4n) is 3.25. The van der Waals surface area contributed by atoms with Crippen LogP contribution in [-0.2, 0) is 9.59 Å². The first-order valence-electron chi connectivity index (χ1n) is 8.42. The average molecular weight is 330 g/mol. The summed E-state index contributed by atoms with van der Waals surface area (Å²) >= 11 is 0. The zero-order valence-corrected chi connectivity index (χ0v) is 13.7. The molecule has 1 saturated carbocycles. The van der Waals surface area contributed by atoms with E-state index >= 15 is 0 Å². The molecule has 1 aliphatic heterocycles. The minimum absolute atomic E-state index is 0.0215. The van der Waals surface area contributed by atoms with Gasteiger partial charge in [-0.3, -0.25) is 14.4 Å². The SMILES string of the molecule is CC1CCCCN1C(=O)c1ccc(NC(=O)C2CC2C(=O)O)cc1. The van der Waals surface area contributed by atoms with Crippen molar-refractivity contribution in [2.45, 2.75) is 38.6 Å². The minimum atomic E-state index is -0.924. The molecule has 3 unspecified atom stereocenters. The maximum Gasteiger partial charge on any atom is 0.307 e. The molecule has 3 rings (SSSR count). The van der Waals surface area contributed by atoms with E-state index in [0.717, 1.165) is 25.8 Å². The first-order chi connectivity index (χ1) is 11.5. The summed E-state index contributed by atoms with van der Waals surface area (Å²) in [6.07, 6.45) is 3.63. The Morgan fingerprint density at radius 1 is 1.12 bits per heavy atom. The molecular formula is C18H22N2O4. The minimum Gasteiger partial charge on any atom is -0.481 e. The van der Waals surface area contributed by atoms with Gasteiger partial charge in [0.1, 0.15) is 0 Å². The highest BCUT2D eigenvalue weighted by atomic mass is 16.4. The third kappa shape index (κ3) is 3.42. The number of amides is 2. The Labute approximate surface area is 140 Å². The molecule has 24 heavy (non-hydrogen) atoms. The summed E-state index contributed by atoms with van der Waals surface area (Å²) in [5.41, 5.74) is 1.19. The summed E-state index contributed by atoms with van der Waals surface area (Å²) in [4.78, 5) is 37.2. The monoisotopic (exact) mass is 330 g/mol. The lowest BCUT2D eigenvalue weighted by Crippen LogP contribution is -2.42. The number of anilines is 1. The number of likely N-dealkylation sites (tertiary alicyclic amines) is 1. The van der Waals surface area contributed by atoms with Crippen LogP contribution in [0.25, 0.3) is 0 Å². The molecule has 0 aromatic heterocycles. The first-order valence-corrected chi connectivity index (χ1v) is 8.42. The third-order valence-corrected chi connectivity index (χ3v) is 4.91. The van der Waals surface area contributed by atoms with Crippen LogP contribution in [0.3, 0.4) is 0 Å². The smallest absolute Gasteiger partial charge is 0.307 e. The maximum atomic E-state index is 12.6. The number of hydrogen-bond acceptors (Lipinski definition) is 3. The molecule has 128 valence electrons. The van der Waals surface area contributed by atoms with Crippen LogP contribution >= 0.6 is 0 Å². The standard InChI is InChI=1S/C18H22N2O4/c1-11-4-2-3-9-20(11)17(22)12-5-7-13(8-6-12)19-16(21)14-10-15(14)18(23)24/h5-8,11,14-15H,2-4,9-10H2,1H3,(H,19,21)(H,23,24). The lowest BCUT2D eigenvalue weighted by molar-refractivity contribution is -0.139. The number of nitrogens with zero attached hydrogens (tertiary/aromatic N) is 1. The first kappa shape index (κ1) is 16.5. The number of piperidine rings is 1. The Bertz CT molecular complexity index is 655. The van der Waals surface area contributed by atoms with Crippen molar-refractivity contribution >= 4 is 23.5 Å². The zero-order valence-electron chi connectivity index (χ0n) is 13.7. The van der Waals surface area contributed by atoms with Gasteiger partial charge >= 0.3 is 5.97 Å². The number of carbonyl (C=O) groups excluding carboxylic acids is 2. The number of carboxylic acids is 1. The summed E-state index contributed by atoms with van der Waals surface area (Å²) in [7, 11) is 0. The predicted molar refractivity (Wildman–Crippen MR) is 88.7 cm³/mol. The average Bonchev–Trinajstić information content (AvgIpc) is 3.36. The molecule has 1 aromatic rings. The van der Waals surface area contributed by atoms with Gasteiger partial charge in [-0.2, -0.15) is 0 Å². The van der Waals surface area contributed by atoms with E-state index in [4.69, 9.17) is 5.11 Å². The molecule has 0 radical (unpaired) electrons. The van der Waals surface area contributed by atoms with E-state index in [-0.39, 0.29) is 17.9 Å². The van der Waals surface area contributed by atoms with Crippen molar-refractivity contribution in [2.75, 3.05) is 11.9 Å². The number of rotatable bonds is 4. The van der Waals surface area contributed by atoms with Crippen molar-refractivity contribution in [3.63, 3.8) is 0 Å². The molecule has 2 fully saturated rings. The molecule has 1 heterocycles. The van der Waals surface area contributed by atoms with Crippen molar-refractivity contribution in [3.05, 3.63) is 29.8 Å². The summed E-state index contributed by atoms with van der Waals surface area (Å²) in [5, 5.41) is 11.6. The van der Waals surface area contributed by atoms with E-state index in [0.29, 0.717) is 17.7 Å². The highest BCUT2D eigenvalue weighted by Gasteiger charge is 2.48. The number of carbonyl (C=O) groups is 3. The molecule has 2 amide bonds. The zero-order chi connectivity index (χ0) is 17.3. The quantitative estimate of drug-likeness (QED) is 0.887. The number of hydrogen-bond donors (Lipinski definition) is 2. The molecule has 0 spiro atoms. The molecule has 1 saturated heterocycles. The van der Waals surface area contributed by atoms with Crippen LogP contribution in [0.15, 0.2) is 24.3 Å². The largest absolute Gasteiger partial charge is 0.481 e. The molecule has 1 aromatic carbocycles. The topological polar surface area (TPSA) is 86.7 Å². The van der Waals surface area contributed by atoms with Crippen LogP contribution in [0.5, 0.6) is 0 Å². The highest BCUT2D eigenvalue weighted by molar-refractivity contribution is 5.99. The van der Waals surface area contributed by atoms with Crippen molar-refractivity contribution in [1.29, 1.82) is 0 Å².